The number of nitrogens with zero attached hydrogens (tertiary/aromatic N) is 1. The van der Waals surface area contributed by atoms with Gasteiger partial charge in [-0.15, -0.1) is 0 Å². The molecule has 4 nitrogen and oxygen atoms in total. The maximum absolute atomic E-state index is 13.3. The molecule has 0 bridgehead atoms. The number of anilines is 1. The van der Waals surface area contributed by atoms with Crippen molar-refractivity contribution in [1.82, 2.24) is 0 Å². The van der Waals surface area contributed by atoms with E-state index in [0.717, 1.165) is 30.4 Å². The Balaban J connectivity index is 1.69. The lowest BCUT2D eigenvalue weighted by atomic mass is 9.88. The van der Waals surface area contributed by atoms with Crippen LogP contribution >= 0.6 is 0 Å². The third-order valence-electron chi connectivity index (χ3n) is 6.46. The van der Waals surface area contributed by atoms with Crippen LogP contribution in [0.4, 0.5) is 5.69 Å². The predicted molar refractivity (Wildman–Crippen MR) is 125 cm³/mol. The number of aryl methyl sites for hydroxylation is 3. The normalized spacial score (nSPS) is 19.8. The Hall–Kier alpha value is -3.66. The van der Waals surface area contributed by atoms with Crippen LogP contribution in [0.2, 0.25) is 0 Å². The number of aliphatic hydroxyl groups is 1. The monoisotopic (exact) mass is 423 g/mol. The van der Waals surface area contributed by atoms with Crippen LogP contribution in [0.1, 0.15) is 46.7 Å². The second kappa shape index (κ2) is 8.12. The van der Waals surface area contributed by atoms with Crippen molar-refractivity contribution >= 4 is 23.1 Å². The fraction of sp³-hybridized carbons (Fsp3) is 0.214. The highest BCUT2D eigenvalue weighted by Gasteiger charge is 2.46. The number of ketones is 1. The summed E-state index contributed by atoms with van der Waals surface area (Å²) < 4.78 is 0. The van der Waals surface area contributed by atoms with Crippen molar-refractivity contribution in [3.8, 4) is 0 Å². The number of Topliss-reactive ketones (excluding diaryl/α,β-unsaturated/α-hetero) is 1. The van der Waals surface area contributed by atoms with Gasteiger partial charge in [0.15, 0.2) is 0 Å². The van der Waals surface area contributed by atoms with Crippen molar-refractivity contribution in [2.45, 2.75) is 38.6 Å². The Morgan fingerprint density at radius 1 is 0.875 bits per heavy atom. The summed E-state index contributed by atoms with van der Waals surface area (Å²) in [4.78, 5) is 28.0. The molecule has 3 aromatic rings. The third kappa shape index (κ3) is 3.42. The standard InChI is InChI=1S/C28H25NO3/c1-18-8-7-13-23(16-18)29-25(20-10-3-2-4-11-20)24(27(31)28(29)32)26(30)22-15-14-19-9-5-6-12-21(19)17-22/h2-4,7-8,10-11,13-17,25,30H,5-6,9,12H2,1H3/b26-24-. The Morgan fingerprint density at radius 3 is 2.38 bits per heavy atom. The molecule has 1 amide bonds. The minimum absolute atomic E-state index is 0.110. The fourth-order valence-corrected chi connectivity index (χ4v) is 4.86. The van der Waals surface area contributed by atoms with Crippen LogP contribution in [0, 0.1) is 6.92 Å². The van der Waals surface area contributed by atoms with E-state index in [1.165, 1.54) is 22.4 Å². The molecule has 5 rings (SSSR count). The molecular formula is C28H25NO3. The molecule has 2 aliphatic rings. The molecule has 1 N–H and O–H groups in total. The van der Waals surface area contributed by atoms with Crippen LogP contribution in [0.3, 0.4) is 0 Å². The Bertz CT molecular complexity index is 1240. The highest BCUT2D eigenvalue weighted by molar-refractivity contribution is 6.51. The minimum atomic E-state index is -0.686. The van der Waals surface area contributed by atoms with Crippen molar-refractivity contribution in [2.75, 3.05) is 4.90 Å². The Kier molecular flexibility index (Phi) is 5.14. The molecule has 160 valence electrons. The molecule has 1 aliphatic carbocycles. The van der Waals surface area contributed by atoms with Crippen LogP contribution in [0.25, 0.3) is 5.76 Å². The van der Waals surface area contributed by atoms with Gasteiger partial charge in [-0.3, -0.25) is 14.5 Å². The quantitative estimate of drug-likeness (QED) is 0.344. The molecule has 0 radical (unpaired) electrons. The van der Waals surface area contributed by atoms with Crippen LogP contribution in [0.5, 0.6) is 0 Å². The molecule has 1 atom stereocenters. The summed E-state index contributed by atoms with van der Waals surface area (Å²) in [5, 5.41) is 11.3. The van der Waals surface area contributed by atoms with Crippen LogP contribution in [0.15, 0.2) is 78.4 Å². The first-order chi connectivity index (χ1) is 15.5. The zero-order valence-corrected chi connectivity index (χ0v) is 18.0. The summed E-state index contributed by atoms with van der Waals surface area (Å²) in [5.74, 6) is -1.39. The summed E-state index contributed by atoms with van der Waals surface area (Å²) in [6, 6.07) is 22.2. The molecule has 1 saturated heterocycles. The zero-order chi connectivity index (χ0) is 22.2. The largest absolute Gasteiger partial charge is 0.507 e. The van der Waals surface area contributed by atoms with Crippen LogP contribution < -0.4 is 4.90 Å². The number of rotatable bonds is 3. The van der Waals surface area contributed by atoms with Crippen molar-refractivity contribution < 1.29 is 14.7 Å². The molecule has 1 aliphatic heterocycles. The first-order valence-electron chi connectivity index (χ1n) is 11.1. The molecule has 1 unspecified atom stereocenters. The molecule has 4 heteroatoms. The highest BCUT2D eigenvalue weighted by atomic mass is 16.3. The van der Waals surface area contributed by atoms with E-state index in [4.69, 9.17) is 0 Å². The second-order valence-electron chi connectivity index (χ2n) is 8.61. The first kappa shape index (κ1) is 20.3. The van der Waals surface area contributed by atoms with Gasteiger partial charge in [-0.25, -0.2) is 0 Å². The van der Waals surface area contributed by atoms with Gasteiger partial charge >= 0.3 is 0 Å². The van der Waals surface area contributed by atoms with Crippen molar-refractivity contribution in [2.24, 2.45) is 0 Å². The smallest absolute Gasteiger partial charge is 0.300 e. The van der Waals surface area contributed by atoms with E-state index >= 15 is 0 Å². The molecule has 32 heavy (non-hydrogen) atoms. The average molecular weight is 424 g/mol. The van der Waals surface area contributed by atoms with Crippen molar-refractivity contribution in [3.05, 3.63) is 106 Å². The zero-order valence-electron chi connectivity index (χ0n) is 18.0. The number of fused-ring (bicyclic) bond motifs is 1. The lowest BCUT2D eigenvalue weighted by molar-refractivity contribution is -0.132. The Labute approximate surface area is 187 Å². The van der Waals surface area contributed by atoms with Crippen molar-refractivity contribution in [3.63, 3.8) is 0 Å². The van der Waals surface area contributed by atoms with E-state index in [9.17, 15) is 14.7 Å². The lowest BCUT2D eigenvalue weighted by Gasteiger charge is -2.26. The highest BCUT2D eigenvalue weighted by Crippen LogP contribution is 2.42. The maximum atomic E-state index is 13.3. The number of benzene rings is 3. The molecular weight excluding hydrogens is 398 g/mol. The van der Waals surface area contributed by atoms with Gasteiger partial charge in [0, 0.05) is 11.3 Å². The number of hydrogen-bond donors (Lipinski definition) is 1. The summed E-state index contributed by atoms with van der Waals surface area (Å²) in [5.41, 5.74) is 5.66. The molecule has 0 spiro atoms. The number of amides is 1. The van der Waals surface area contributed by atoms with Gasteiger partial charge in [0.1, 0.15) is 5.76 Å². The number of carbonyl (C=O) groups is 2. The summed E-state index contributed by atoms with van der Waals surface area (Å²) in [6.07, 6.45) is 4.31. The first-order valence-corrected chi connectivity index (χ1v) is 11.1. The molecule has 1 fully saturated rings. The summed E-state index contributed by atoms with van der Waals surface area (Å²) >= 11 is 0. The van der Waals surface area contributed by atoms with Gasteiger partial charge in [0.25, 0.3) is 11.7 Å². The maximum Gasteiger partial charge on any atom is 0.300 e. The van der Waals surface area contributed by atoms with E-state index in [1.54, 1.807) is 0 Å². The third-order valence-corrected chi connectivity index (χ3v) is 6.46. The summed E-state index contributed by atoms with van der Waals surface area (Å²) in [6.45, 7) is 1.95. The minimum Gasteiger partial charge on any atom is -0.507 e. The molecule has 3 aromatic carbocycles. The van der Waals surface area contributed by atoms with E-state index in [0.29, 0.717) is 11.3 Å². The predicted octanol–water partition coefficient (Wildman–Crippen LogP) is 5.50. The molecule has 0 saturated carbocycles. The van der Waals surface area contributed by atoms with Crippen LogP contribution in [-0.2, 0) is 22.4 Å². The van der Waals surface area contributed by atoms with Gasteiger partial charge < -0.3 is 5.11 Å². The van der Waals surface area contributed by atoms with E-state index in [1.807, 2.05) is 79.7 Å². The van der Waals surface area contributed by atoms with Gasteiger partial charge in [-0.1, -0.05) is 54.6 Å². The second-order valence-corrected chi connectivity index (χ2v) is 8.61. The number of carbonyl (C=O) groups excluding carboxylic acids is 2. The van der Waals surface area contributed by atoms with E-state index < -0.39 is 17.7 Å². The summed E-state index contributed by atoms with van der Waals surface area (Å²) in [7, 11) is 0. The van der Waals surface area contributed by atoms with E-state index in [-0.39, 0.29) is 11.3 Å². The number of hydrogen-bond acceptors (Lipinski definition) is 3. The van der Waals surface area contributed by atoms with Crippen LogP contribution in [-0.4, -0.2) is 16.8 Å². The fourth-order valence-electron chi connectivity index (χ4n) is 4.86. The lowest BCUT2D eigenvalue weighted by Crippen LogP contribution is -2.29. The topological polar surface area (TPSA) is 57.6 Å². The Morgan fingerprint density at radius 2 is 1.62 bits per heavy atom. The molecule has 0 aromatic heterocycles. The SMILES string of the molecule is Cc1cccc(N2C(=O)C(=O)/C(=C(\O)c3ccc4c(c3)CCCC4)C2c2ccccc2)c1. The van der Waals surface area contributed by atoms with Crippen molar-refractivity contribution in [1.29, 1.82) is 0 Å². The van der Waals surface area contributed by atoms with E-state index in [2.05, 4.69) is 0 Å². The van der Waals surface area contributed by atoms with Gasteiger partial charge in [-0.05, 0) is 73.1 Å². The van der Waals surface area contributed by atoms with Gasteiger partial charge in [0.05, 0.1) is 11.6 Å². The number of aliphatic hydroxyl groups excluding tert-OH is 1. The van der Waals surface area contributed by atoms with Gasteiger partial charge in [0.2, 0.25) is 0 Å². The van der Waals surface area contributed by atoms with Gasteiger partial charge in [-0.2, -0.15) is 0 Å². The average Bonchev–Trinajstić information content (AvgIpc) is 3.09. The molecule has 1 heterocycles.